The van der Waals surface area contributed by atoms with Crippen molar-refractivity contribution >= 4 is 32.7 Å². The Labute approximate surface area is 120 Å². The van der Waals surface area contributed by atoms with Crippen molar-refractivity contribution in [1.29, 1.82) is 0 Å². The van der Waals surface area contributed by atoms with Crippen molar-refractivity contribution in [3.8, 4) is 5.75 Å². The second-order valence-corrected chi connectivity index (χ2v) is 6.54. The summed E-state index contributed by atoms with van der Waals surface area (Å²) in [6, 6.07) is 15.8. The Balaban J connectivity index is 2.10. The summed E-state index contributed by atoms with van der Waals surface area (Å²) in [6.07, 6.45) is 0. The molecule has 0 aliphatic rings. The third-order valence-electron chi connectivity index (χ3n) is 2.22. The quantitative estimate of drug-likeness (QED) is 0.610. The van der Waals surface area contributed by atoms with Gasteiger partial charge in [-0.3, -0.25) is 0 Å². The summed E-state index contributed by atoms with van der Waals surface area (Å²) < 4.78 is 29.7. The normalized spacial score (nSPS) is 11.2. The van der Waals surface area contributed by atoms with Crippen molar-refractivity contribution in [2.75, 3.05) is 0 Å². The van der Waals surface area contributed by atoms with Gasteiger partial charge < -0.3 is 4.18 Å². The first kappa shape index (κ1) is 13.4. The lowest BCUT2D eigenvalue weighted by Crippen LogP contribution is -2.11. The third-order valence-corrected chi connectivity index (χ3v) is 4.08. The Morgan fingerprint density at radius 2 is 1.56 bits per heavy atom. The second kappa shape index (κ2) is 5.71. The van der Waals surface area contributed by atoms with Gasteiger partial charge in [0.05, 0.1) is 0 Å². The van der Waals surface area contributed by atoms with Crippen LogP contribution in [0.1, 0.15) is 5.56 Å². The predicted octanol–water partition coefficient (Wildman–Crippen LogP) is 3.20. The summed E-state index contributed by atoms with van der Waals surface area (Å²) in [5.41, 5.74) is 0.711. The smallest absolute Gasteiger partial charge is 0.313 e. The van der Waals surface area contributed by atoms with E-state index in [2.05, 4.69) is 22.6 Å². The highest BCUT2D eigenvalue weighted by atomic mass is 127. The minimum Gasteiger partial charge on any atom is -0.382 e. The minimum atomic E-state index is -3.60. The van der Waals surface area contributed by atoms with Crippen molar-refractivity contribution < 1.29 is 12.6 Å². The van der Waals surface area contributed by atoms with Crippen LogP contribution in [0.5, 0.6) is 5.75 Å². The molecule has 2 aromatic carbocycles. The zero-order valence-corrected chi connectivity index (χ0v) is 12.4. The van der Waals surface area contributed by atoms with Crippen molar-refractivity contribution in [2.24, 2.45) is 0 Å². The Bertz CT molecular complexity index is 606. The van der Waals surface area contributed by atoms with E-state index in [0.29, 0.717) is 11.3 Å². The van der Waals surface area contributed by atoms with Crippen LogP contribution in [-0.2, 0) is 15.9 Å². The van der Waals surface area contributed by atoms with Crippen LogP contribution in [0, 0.1) is 3.57 Å². The van der Waals surface area contributed by atoms with Crippen molar-refractivity contribution in [3.05, 3.63) is 63.7 Å². The van der Waals surface area contributed by atoms with Crippen LogP contribution in [-0.4, -0.2) is 8.42 Å². The van der Waals surface area contributed by atoms with Crippen LogP contribution in [0.4, 0.5) is 0 Å². The average Bonchev–Trinajstić information content (AvgIpc) is 2.32. The van der Waals surface area contributed by atoms with E-state index in [4.69, 9.17) is 4.18 Å². The molecular weight excluding hydrogens is 363 g/mol. The molecule has 0 radical (unpaired) electrons. The molecule has 18 heavy (non-hydrogen) atoms. The summed E-state index contributed by atoms with van der Waals surface area (Å²) in [4.78, 5) is 0. The first-order chi connectivity index (χ1) is 8.55. The van der Waals surface area contributed by atoms with Gasteiger partial charge in [-0.05, 0) is 52.4 Å². The van der Waals surface area contributed by atoms with Gasteiger partial charge in [-0.25, -0.2) is 0 Å². The zero-order valence-electron chi connectivity index (χ0n) is 9.41. The number of hydrogen-bond donors (Lipinski definition) is 0. The highest BCUT2D eigenvalue weighted by Gasteiger charge is 2.13. The summed E-state index contributed by atoms with van der Waals surface area (Å²) >= 11 is 2.15. The van der Waals surface area contributed by atoms with Gasteiger partial charge in [0.1, 0.15) is 11.5 Å². The fraction of sp³-hybridized carbons (Fsp3) is 0.0769. The molecule has 0 aliphatic heterocycles. The minimum absolute atomic E-state index is 0.125. The molecule has 2 aromatic rings. The van der Waals surface area contributed by atoms with Crippen LogP contribution in [0.2, 0.25) is 0 Å². The lowest BCUT2D eigenvalue weighted by Gasteiger charge is -2.07. The summed E-state index contributed by atoms with van der Waals surface area (Å²) in [5, 5.41) is 0. The van der Waals surface area contributed by atoms with E-state index in [1.165, 1.54) is 0 Å². The average molecular weight is 374 g/mol. The van der Waals surface area contributed by atoms with Crippen molar-refractivity contribution in [1.82, 2.24) is 0 Å². The molecule has 0 bridgehead atoms. The molecule has 0 atom stereocenters. The van der Waals surface area contributed by atoms with Gasteiger partial charge >= 0.3 is 10.1 Å². The lowest BCUT2D eigenvalue weighted by atomic mass is 10.2. The Kier molecular flexibility index (Phi) is 4.23. The Hall–Kier alpha value is -1.08. The molecule has 0 unspecified atom stereocenters. The van der Waals surface area contributed by atoms with E-state index < -0.39 is 10.1 Å². The topological polar surface area (TPSA) is 43.4 Å². The van der Waals surface area contributed by atoms with Crippen molar-refractivity contribution in [3.63, 3.8) is 0 Å². The molecule has 0 aromatic heterocycles. The standard InChI is InChI=1S/C13H11IO3S/c14-12-6-8-13(9-7-12)17-18(15,16)10-11-4-2-1-3-5-11/h1-9H,10H2. The van der Waals surface area contributed by atoms with E-state index >= 15 is 0 Å². The predicted molar refractivity (Wildman–Crippen MR) is 78.9 cm³/mol. The van der Waals surface area contributed by atoms with Crippen LogP contribution in [0.3, 0.4) is 0 Å². The maximum Gasteiger partial charge on any atom is 0.313 e. The molecular formula is C13H11IO3S. The molecule has 0 N–H and O–H groups in total. The summed E-state index contributed by atoms with van der Waals surface area (Å²) in [5.74, 6) is 0.214. The van der Waals surface area contributed by atoms with Gasteiger partial charge in [-0.15, -0.1) is 0 Å². The maximum atomic E-state index is 11.8. The fourth-order valence-corrected chi connectivity index (χ4v) is 2.87. The zero-order chi connectivity index (χ0) is 13.0. The van der Waals surface area contributed by atoms with Crippen LogP contribution in [0.25, 0.3) is 0 Å². The van der Waals surface area contributed by atoms with Crippen LogP contribution in [0.15, 0.2) is 54.6 Å². The van der Waals surface area contributed by atoms with Gasteiger partial charge in [0.25, 0.3) is 0 Å². The van der Waals surface area contributed by atoms with Gasteiger partial charge in [-0.1, -0.05) is 30.3 Å². The molecule has 0 amide bonds. The Morgan fingerprint density at radius 1 is 0.944 bits per heavy atom. The fourth-order valence-electron chi connectivity index (χ4n) is 1.44. The molecule has 0 fully saturated rings. The van der Waals surface area contributed by atoms with E-state index in [9.17, 15) is 8.42 Å². The molecule has 0 spiro atoms. The first-order valence-corrected chi connectivity index (χ1v) is 7.92. The molecule has 2 rings (SSSR count). The largest absolute Gasteiger partial charge is 0.382 e. The van der Waals surface area contributed by atoms with Gasteiger partial charge in [0, 0.05) is 3.57 Å². The third kappa shape index (κ3) is 3.99. The summed E-state index contributed by atoms with van der Waals surface area (Å²) in [6.45, 7) is 0. The highest BCUT2D eigenvalue weighted by molar-refractivity contribution is 14.1. The molecule has 94 valence electrons. The van der Waals surface area contributed by atoms with Crippen LogP contribution >= 0.6 is 22.6 Å². The van der Waals surface area contributed by atoms with Crippen LogP contribution < -0.4 is 4.18 Å². The molecule has 0 saturated heterocycles. The van der Waals surface area contributed by atoms with Gasteiger partial charge in [0.2, 0.25) is 0 Å². The van der Waals surface area contributed by atoms with E-state index in [1.807, 2.05) is 6.07 Å². The van der Waals surface area contributed by atoms with Gasteiger partial charge in [-0.2, -0.15) is 8.42 Å². The number of halogens is 1. The molecule has 0 heterocycles. The van der Waals surface area contributed by atoms with E-state index in [1.54, 1.807) is 48.5 Å². The molecule has 0 saturated carbocycles. The maximum absolute atomic E-state index is 11.8. The number of benzene rings is 2. The van der Waals surface area contributed by atoms with Crippen molar-refractivity contribution in [2.45, 2.75) is 5.75 Å². The van der Waals surface area contributed by atoms with E-state index in [-0.39, 0.29) is 5.75 Å². The van der Waals surface area contributed by atoms with E-state index in [0.717, 1.165) is 3.57 Å². The molecule has 3 nitrogen and oxygen atoms in total. The first-order valence-electron chi connectivity index (χ1n) is 5.27. The second-order valence-electron chi connectivity index (χ2n) is 3.72. The SMILES string of the molecule is O=S(=O)(Cc1ccccc1)Oc1ccc(I)cc1. The summed E-state index contributed by atoms with van der Waals surface area (Å²) in [7, 11) is -3.60. The molecule has 5 heteroatoms. The number of hydrogen-bond acceptors (Lipinski definition) is 3. The lowest BCUT2D eigenvalue weighted by molar-refractivity contribution is 0.485. The number of rotatable bonds is 4. The van der Waals surface area contributed by atoms with Gasteiger partial charge in [0.15, 0.2) is 0 Å². The monoisotopic (exact) mass is 374 g/mol. The Morgan fingerprint density at radius 3 is 2.17 bits per heavy atom. The molecule has 0 aliphatic carbocycles. The highest BCUT2D eigenvalue weighted by Crippen LogP contribution is 2.17.